The smallest absolute Gasteiger partial charge is 0.274 e. The molecule has 0 radical (unpaired) electrons. The number of amides is 1. The van der Waals surface area contributed by atoms with Crippen LogP contribution in [0.25, 0.3) is 0 Å². The molecule has 2 heterocycles. The van der Waals surface area contributed by atoms with Crippen LogP contribution in [0.3, 0.4) is 0 Å². The Bertz CT molecular complexity index is 588. The molecule has 4 heteroatoms. The molecular weight excluding hydrogens is 226 g/mol. The van der Waals surface area contributed by atoms with Gasteiger partial charge in [-0.1, -0.05) is 18.2 Å². The summed E-state index contributed by atoms with van der Waals surface area (Å²) in [7, 11) is 0. The zero-order chi connectivity index (χ0) is 12.5. The van der Waals surface area contributed by atoms with E-state index in [1.54, 1.807) is 12.3 Å². The summed E-state index contributed by atoms with van der Waals surface area (Å²) >= 11 is 0. The van der Waals surface area contributed by atoms with Crippen molar-refractivity contribution in [1.82, 2.24) is 4.98 Å². The van der Waals surface area contributed by atoms with Crippen LogP contribution in [0.1, 0.15) is 22.5 Å². The van der Waals surface area contributed by atoms with Crippen LogP contribution in [0, 0.1) is 0 Å². The molecule has 1 amide bonds. The molecule has 0 saturated heterocycles. The van der Waals surface area contributed by atoms with Crippen molar-refractivity contribution < 1.29 is 4.79 Å². The monoisotopic (exact) mass is 241 g/mol. The number of carbonyl (C=O) groups is 1. The van der Waals surface area contributed by atoms with E-state index in [4.69, 9.17) is 5.73 Å². The molecule has 1 aliphatic heterocycles. The van der Waals surface area contributed by atoms with Crippen molar-refractivity contribution in [2.45, 2.75) is 12.8 Å². The highest BCUT2D eigenvalue weighted by atomic mass is 16.2. The molecule has 18 heavy (non-hydrogen) atoms. The Balaban J connectivity index is 1.96. The first-order valence-corrected chi connectivity index (χ1v) is 6.09. The quantitative estimate of drug-likeness (QED) is 0.804. The van der Waals surface area contributed by atoms with Crippen molar-refractivity contribution >= 4 is 17.3 Å². The first kappa shape index (κ1) is 10.9. The summed E-state index contributed by atoms with van der Waals surface area (Å²) in [6, 6.07) is 9.74. The molecule has 0 unspecified atom stereocenters. The zero-order valence-corrected chi connectivity index (χ0v) is 10.0. The van der Waals surface area contributed by atoms with Gasteiger partial charge in [-0.3, -0.25) is 4.79 Å². The van der Waals surface area contributed by atoms with E-state index >= 15 is 0 Å². The van der Waals surface area contributed by atoms with Crippen molar-refractivity contribution in [2.24, 2.45) is 0 Å². The first-order chi connectivity index (χ1) is 8.75. The Morgan fingerprint density at radius 1 is 1.33 bits per heavy atom. The summed E-state index contributed by atoms with van der Waals surface area (Å²) < 4.78 is 0. The van der Waals surface area contributed by atoms with E-state index in [9.17, 15) is 4.79 Å². The van der Waals surface area contributed by atoms with E-state index in [0.717, 1.165) is 25.1 Å². The van der Waals surface area contributed by atoms with Gasteiger partial charge in [0.1, 0.15) is 5.69 Å². The third-order valence-corrected chi connectivity index (χ3v) is 3.29. The molecule has 0 fully saturated rings. The second kappa shape index (κ2) is 4.22. The second-order valence-corrected chi connectivity index (χ2v) is 4.54. The Hall–Kier alpha value is -2.23. The lowest BCUT2D eigenvalue weighted by atomic mass is 10.0. The number of H-pyrrole nitrogens is 1. The molecule has 1 aromatic carbocycles. The van der Waals surface area contributed by atoms with Crippen LogP contribution in [0.15, 0.2) is 36.5 Å². The summed E-state index contributed by atoms with van der Waals surface area (Å²) in [5, 5.41) is 0. The Morgan fingerprint density at radius 2 is 2.17 bits per heavy atom. The number of nitrogens with zero attached hydrogens (tertiary/aromatic N) is 1. The van der Waals surface area contributed by atoms with E-state index in [0.29, 0.717) is 11.4 Å². The molecule has 0 spiro atoms. The van der Waals surface area contributed by atoms with Gasteiger partial charge in [-0.15, -0.1) is 0 Å². The van der Waals surface area contributed by atoms with Gasteiger partial charge in [0, 0.05) is 24.1 Å². The number of carbonyl (C=O) groups excluding carboxylic acids is 1. The van der Waals surface area contributed by atoms with Gasteiger partial charge in [-0.25, -0.2) is 0 Å². The lowest BCUT2D eigenvalue weighted by Gasteiger charge is -2.29. The van der Waals surface area contributed by atoms with Crippen molar-refractivity contribution in [3.8, 4) is 0 Å². The van der Waals surface area contributed by atoms with E-state index in [1.807, 2.05) is 23.1 Å². The number of rotatable bonds is 1. The van der Waals surface area contributed by atoms with Crippen molar-refractivity contribution in [3.05, 3.63) is 47.8 Å². The number of para-hydroxylation sites is 1. The number of nitrogen functional groups attached to an aromatic ring is 1. The van der Waals surface area contributed by atoms with Gasteiger partial charge in [0.25, 0.3) is 5.91 Å². The summed E-state index contributed by atoms with van der Waals surface area (Å²) in [6.07, 6.45) is 3.68. The van der Waals surface area contributed by atoms with Crippen LogP contribution in [-0.2, 0) is 6.42 Å². The van der Waals surface area contributed by atoms with Crippen LogP contribution in [0.5, 0.6) is 0 Å². The maximum Gasteiger partial charge on any atom is 0.274 e. The largest absolute Gasteiger partial charge is 0.397 e. The average molecular weight is 241 g/mol. The van der Waals surface area contributed by atoms with Crippen LogP contribution in [0.4, 0.5) is 11.4 Å². The second-order valence-electron chi connectivity index (χ2n) is 4.54. The molecule has 0 aliphatic carbocycles. The minimum absolute atomic E-state index is 0.0150. The van der Waals surface area contributed by atoms with Crippen LogP contribution in [0.2, 0.25) is 0 Å². The highest BCUT2D eigenvalue weighted by molar-refractivity contribution is 6.06. The maximum absolute atomic E-state index is 12.4. The number of benzene rings is 1. The fourth-order valence-corrected chi connectivity index (χ4v) is 2.42. The van der Waals surface area contributed by atoms with Crippen LogP contribution >= 0.6 is 0 Å². The molecule has 4 nitrogen and oxygen atoms in total. The summed E-state index contributed by atoms with van der Waals surface area (Å²) in [5.41, 5.74) is 9.02. The van der Waals surface area contributed by atoms with E-state index in [2.05, 4.69) is 11.1 Å². The number of aryl methyl sites for hydroxylation is 1. The minimum Gasteiger partial charge on any atom is -0.397 e. The molecule has 2 aromatic rings. The molecule has 92 valence electrons. The van der Waals surface area contributed by atoms with Crippen molar-refractivity contribution in [3.63, 3.8) is 0 Å². The van der Waals surface area contributed by atoms with Gasteiger partial charge >= 0.3 is 0 Å². The third kappa shape index (κ3) is 1.76. The number of hydrogen-bond acceptors (Lipinski definition) is 2. The molecular formula is C14H15N3O. The maximum atomic E-state index is 12.4. The predicted molar refractivity (Wildman–Crippen MR) is 71.6 cm³/mol. The molecule has 1 aromatic heterocycles. The topological polar surface area (TPSA) is 62.1 Å². The molecule has 0 bridgehead atoms. The van der Waals surface area contributed by atoms with Gasteiger partial charge in [-0.2, -0.15) is 0 Å². The van der Waals surface area contributed by atoms with Crippen molar-refractivity contribution in [1.29, 1.82) is 0 Å². The number of nitrogens with one attached hydrogen (secondary N) is 1. The third-order valence-electron chi connectivity index (χ3n) is 3.29. The average Bonchev–Trinajstić information content (AvgIpc) is 2.84. The molecule has 3 N–H and O–H groups in total. The van der Waals surface area contributed by atoms with Crippen molar-refractivity contribution in [2.75, 3.05) is 17.2 Å². The predicted octanol–water partition coefficient (Wildman–Crippen LogP) is 2.19. The molecule has 1 aliphatic rings. The van der Waals surface area contributed by atoms with Gasteiger partial charge in [0.15, 0.2) is 0 Å². The molecule has 3 rings (SSSR count). The van der Waals surface area contributed by atoms with Crippen LogP contribution in [-0.4, -0.2) is 17.4 Å². The highest BCUT2D eigenvalue weighted by Crippen LogP contribution is 2.28. The van der Waals surface area contributed by atoms with E-state index < -0.39 is 0 Å². The van der Waals surface area contributed by atoms with Gasteiger partial charge in [0.2, 0.25) is 0 Å². The number of fused-ring (bicyclic) bond motifs is 1. The molecule has 0 atom stereocenters. The normalized spacial score (nSPS) is 14.3. The fourth-order valence-electron chi connectivity index (χ4n) is 2.42. The Labute approximate surface area is 105 Å². The minimum atomic E-state index is -0.0150. The van der Waals surface area contributed by atoms with Gasteiger partial charge in [0.05, 0.1) is 0 Å². The number of anilines is 2. The number of aromatic amines is 1. The highest BCUT2D eigenvalue weighted by Gasteiger charge is 2.23. The summed E-state index contributed by atoms with van der Waals surface area (Å²) in [4.78, 5) is 17.2. The molecule has 0 saturated carbocycles. The van der Waals surface area contributed by atoms with E-state index in [1.165, 1.54) is 5.56 Å². The zero-order valence-electron chi connectivity index (χ0n) is 10.0. The van der Waals surface area contributed by atoms with Gasteiger partial charge < -0.3 is 15.6 Å². The number of nitrogens with two attached hydrogens (primary N) is 1. The summed E-state index contributed by atoms with van der Waals surface area (Å²) in [6.45, 7) is 0.759. The summed E-state index contributed by atoms with van der Waals surface area (Å²) in [5.74, 6) is -0.0150. The van der Waals surface area contributed by atoms with Crippen LogP contribution < -0.4 is 10.6 Å². The number of aromatic nitrogens is 1. The lowest BCUT2D eigenvalue weighted by Crippen LogP contribution is -2.35. The Kier molecular flexibility index (Phi) is 2.55. The Morgan fingerprint density at radius 3 is 2.94 bits per heavy atom. The first-order valence-electron chi connectivity index (χ1n) is 6.09. The number of hydrogen-bond donors (Lipinski definition) is 2. The standard InChI is InChI=1S/C14H15N3O/c15-11-8-12(16-9-11)14(18)17-7-3-5-10-4-1-2-6-13(10)17/h1-2,4,6,8-9,16H,3,5,7,15H2. The SMILES string of the molecule is Nc1c[nH]c(C(=O)N2CCCc3ccccc32)c1. The van der Waals surface area contributed by atoms with E-state index in [-0.39, 0.29) is 5.91 Å². The van der Waals surface area contributed by atoms with Gasteiger partial charge in [-0.05, 0) is 30.5 Å². The lowest BCUT2D eigenvalue weighted by molar-refractivity contribution is 0.0981. The fraction of sp³-hybridized carbons (Fsp3) is 0.214.